The van der Waals surface area contributed by atoms with Gasteiger partial charge in [-0.05, 0) is 47.7 Å². The molecule has 1 aliphatic heterocycles. The maximum Gasteiger partial charge on any atom is 0.321 e. The van der Waals surface area contributed by atoms with Crippen LogP contribution < -0.4 is 10.2 Å². The lowest BCUT2D eigenvalue weighted by molar-refractivity contribution is 0.208. The smallest absolute Gasteiger partial charge is 0.321 e. The number of anilines is 2. The molecule has 4 nitrogen and oxygen atoms in total. The zero-order chi connectivity index (χ0) is 18.7. The molecule has 2 amide bonds. The van der Waals surface area contributed by atoms with E-state index in [0.29, 0.717) is 0 Å². The fraction of sp³-hybridized carbons (Fsp3) is 0.409. The summed E-state index contributed by atoms with van der Waals surface area (Å²) in [6, 6.07) is 16.7. The molecule has 0 spiro atoms. The van der Waals surface area contributed by atoms with Crippen LogP contribution in [0.4, 0.5) is 16.2 Å². The van der Waals surface area contributed by atoms with Crippen molar-refractivity contribution in [3.8, 4) is 0 Å². The van der Waals surface area contributed by atoms with Crippen LogP contribution in [0.1, 0.15) is 31.9 Å². The average Bonchev–Trinajstić information content (AvgIpc) is 2.61. The molecule has 1 saturated heterocycles. The largest absolute Gasteiger partial charge is 0.368 e. The number of nitrogens with zero attached hydrogens (tertiary/aromatic N) is 2. The quantitative estimate of drug-likeness (QED) is 0.855. The number of piperazine rings is 1. The molecule has 0 saturated carbocycles. The van der Waals surface area contributed by atoms with Gasteiger partial charge in [0, 0.05) is 37.6 Å². The Hall–Kier alpha value is -2.49. The Morgan fingerprint density at radius 3 is 2.19 bits per heavy atom. The summed E-state index contributed by atoms with van der Waals surface area (Å²) in [5.74, 6) is 0. The molecule has 4 heteroatoms. The van der Waals surface area contributed by atoms with Gasteiger partial charge in [0.05, 0.1) is 0 Å². The average molecular weight is 351 g/mol. The molecule has 2 aromatic carbocycles. The highest BCUT2D eigenvalue weighted by atomic mass is 16.2. The van der Waals surface area contributed by atoms with E-state index in [1.54, 1.807) is 0 Å². The van der Waals surface area contributed by atoms with Crippen molar-refractivity contribution in [3.63, 3.8) is 0 Å². The number of urea groups is 1. The Balaban J connectivity index is 1.55. The minimum atomic E-state index is -0.0163. The Bertz CT molecular complexity index is 754. The van der Waals surface area contributed by atoms with Crippen LogP contribution in [-0.2, 0) is 5.41 Å². The number of nitrogens with one attached hydrogen (secondary N) is 1. The molecule has 2 aromatic rings. The molecule has 26 heavy (non-hydrogen) atoms. The van der Waals surface area contributed by atoms with Gasteiger partial charge in [0.25, 0.3) is 0 Å². The monoisotopic (exact) mass is 351 g/mol. The summed E-state index contributed by atoms with van der Waals surface area (Å²) in [7, 11) is 0. The van der Waals surface area contributed by atoms with Gasteiger partial charge in [-0.1, -0.05) is 45.0 Å². The van der Waals surface area contributed by atoms with Crippen LogP contribution >= 0.6 is 0 Å². The number of aryl methyl sites for hydroxylation is 1. The highest BCUT2D eigenvalue weighted by Crippen LogP contribution is 2.24. The Morgan fingerprint density at radius 1 is 0.962 bits per heavy atom. The maximum atomic E-state index is 12.5. The molecule has 3 rings (SSSR count). The predicted molar refractivity (Wildman–Crippen MR) is 109 cm³/mol. The van der Waals surface area contributed by atoms with E-state index in [9.17, 15) is 4.79 Å². The van der Waals surface area contributed by atoms with E-state index in [1.807, 2.05) is 17.0 Å². The standard InChI is InChI=1S/C22H29N3O/c1-17-6-5-7-20(16-17)24-12-14-25(15-13-24)21(26)23-19-10-8-18(9-11-19)22(2,3)4/h5-11,16H,12-15H2,1-4H3,(H,23,26). The molecule has 0 atom stereocenters. The van der Waals surface area contributed by atoms with Gasteiger partial charge in [0.15, 0.2) is 0 Å². The van der Waals surface area contributed by atoms with Crippen LogP contribution in [0.5, 0.6) is 0 Å². The highest BCUT2D eigenvalue weighted by molar-refractivity contribution is 5.89. The van der Waals surface area contributed by atoms with E-state index in [1.165, 1.54) is 16.8 Å². The van der Waals surface area contributed by atoms with Gasteiger partial charge < -0.3 is 15.1 Å². The maximum absolute atomic E-state index is 12.5. The van der Waals surface area contributed by atoms with E-state index >= 15 is 0 Å². The van der Waals surface area contributed by atoms with Gasteiger partial charge in [-0.25, -0.2) is 4.79 Å². The van der Waals surface area contributed by atoms with Gasteiger partial charge >= 0.3 is 6.03 Å². The molecule has 1 aliphatic rings. The first-order chi connectivity index (χ1) is 12.3. The van der Waals surface area contributed by atoms with Gasteiger partial charge in [-0.15, -0.1) is 0 Å². The summed E-state index contributed by atoms with van der Waals surface area (Å²) in [4.78, 5) is 16.8. The van der Waals surface area contributed by atoms with Crippen LogP contribution in [0.15, 0.2) is 48.5 Å². The van der Waals surface area contributed by atoms with E-state index in [-0.39, 0.29) is 11.4 Å². The van der Waals surface area contributed by atoms with Crippen LogP contribution in [0.2, 0.25) is 0 Å². The summed E-state index contributed by atoms with van der Waals surface area (Å²) >= 11 is 0. The third-order valence-electron chi connectivity index (χ3n) is 4.94. The van der Waals surface area contributed by atoms with Crippen LogP contribution in [-0.4, -0.2) is 37.1 Å². The number of hydrogen-bond donors (Lipinski definition) is 1. The number of carbonyl (C=O) groups is 1. The zero-order valence-corrected chi connectivity index (χ0v) is 16.2. The number of benzene rings is 2. The van der Waals surface area contributed by atoms with Crippen molar-refractivity contribution in [2.45, 2.75) is 33.1 Å². The molecule has 1 N–H and O–H groups in total. The van der Waals surface area contributed by atoms with E-state index < -0.39 is 0 Å². The second kappa shape index (κ2) is 7.40. The molecule has 1 heterocycles. The fourth-order valence-electron chi connectivity index (χ4n) is 3.25. The lowest BCUT2D eigenvalue weighted by Gasteiger charge is -2.36. The predicted octanol–water partition coefficient (Wildman–Crippen LogP) is 4.65. The van der Waals surface area contributed by atoms with Crippen molar-refractivity contribution in [2.24, 2.45) is 0 Å². The summed E-state index contributed by atoms with van der Waals surface area (Å²) in [6.07, 6.45) is 0. The van der Waals surface area contributed by atoms with Crippen molar-refractivity contribution >= 4 is 17.4 Å². The Kier molecular flexibility index (Phi) is 5.21. The zero-order valence-electron chi connectivity index (χ0n) is 16.2. The first-order valence-electron chi connectivity index (χ1n) is 9.31. The molecule has 0 unspecified atom stereocenters. The Morgan fingerprint density at radius 2 is 1.62 bits per heavy atom. The lowest BCUT2D eigenvalue weighted by Crippen LogP contribution is -2.50. The molecule has 1 fully saturated rings. The van der Waals surface area contributed by atoms with Crippen molar-refractivity contribution in [1.82, 2.24) is 4.90 Å². The third kappa shape index (κ3) is 4.37. The topological polar surface area (TPSA) is 35.6 Å². The van der Waals surface area contributed by atoms with Crippen molar-refractivity contribution in [3.05, 3.63) is 59.7 Å². The van der Waals surface area contributed by atoms with Crippen LogP contribution in [0, 0.1) is 6.92 Å². The van der Waals surface area contributed by atoms with Gasteiger partial charge in [-0.2, -0.15) is 0 Å². The van der Waals surface area contributed by atoms with Crippen molar-refractivity contribution < 1.29 is 4.79 Å². The minimum Gasteiger partial charge on any atom is -0.368 e. The van der Waals surface area contributed by atoms with Crippen molar-refractivity contribution in [2.75, 3.05) is 36.4 Å². The number of rotatable bonds is 2. The first kappa shape index (κ1) is 18.3. The molecule has 0 bridgehead atoms. The Labute approximate surface area is 156 Å². The lowest BCUT2D eigenvalue weighted by atomic mass is 9.87. The SMILES string of the molecule is Cc1cccc(N2CCN(C(=O)Nc3ccc(C(C)(C)C)cc3)CC2)c1. The fourth-order valence-corrected chi connectivity index (χ4v) is 3.25. The summed E-state index contributed by atoms with van der Waals surface area (Å²) in [6.45, 7) is 11.9. The molecule has 0 radical (unpaired) electrons. The molecule has 0 aromatic heterocycles. The normalized spacial score (nSPS) is 15.1. The summed E-state index contributed by atoms with van der Waals surface area (Å²) < 4.78 is 0. The van der Waals surface area contributed by atoms with Crippen molar-refractivity contribution in [1.29, 1.82) is 0 Å². The number of amides is 2. The third-order valence-corrected chi connectivity index (χ3v) is 4.94. The van der Waals surface area contributed by atoms with Gasteiger partial charge in [0.2, 0.25) is 0 Å². The summed E-state index contributed by atoms with van der Waals surface area (Å²) in [5.41, 5.74) is 4.74. The molecular formula is C22H29N3O. The second-order valence-corrected chi connectivity index (χ2v) is 8.07. The highest BCUT2D eigenvalue weighted by Gasteiger charge is 2.21. The second-order valence-electron chi connectivity index (χ2n) is 8.07. The van der Waals surface area contributed by atoms with E-state index in [2.05, 4.69) is 74.3 Å². The van der Waals surface area contributed by atoms with E-state index in [0.717, 1.165) is 31.9 Å². The van der Waals surface area contributed by atoms with E-state index in [4.69, 9.17) is 0 Å². The molecule has 138 valence electrons. The summed E-state index contributed by atoms with van der Waals surface area (Å²) in [5, 5.41) is 3.02. The number of hydrogen-bond acceptors (Lipinski definition) is 2. The van der Waals surface area contributed by atoms with Gasteiger partial charge in [-0.3, -0.25) is 0 Å². The van der Waals surface area contributed by atoms with Crippen LogP contribution in [0.25, 0.3) is 0 Å². The number of carbonyl (C=O) groups excluding carboxylic acids is 1. The molecule has 0 aliphatic carbocycles. The first-order valence-corrected chi connectivity index (χ1v) is 9.31. The minimum absolute atomic E-state index is 0.0163. The molecular weight excluding hydrogens is 322 g/mol. The van der Waals surface area contributed by atoms with Crippen LogP contribution in [0.3, 0.4) is 0 Å². The van der Waals surface area contributed by atoms with Gasteiger partial charge in [0.1, 0.15) is 0 Å².